The molecule has 0 amide bonds. The van der Waals surface area contributed by atoms with Crippen LogP contribution in [0.25, 0.3) is 0 Å². The van der Waals surface area contributed by atoms with Gasteiger partial charge in [0.05, 0.1) is 26.0 Å². The van der Waals surface area contributed by atoms with Crippen LogP contribution < -0.4 is 5.32 Å². The minimum Gasteiger partial charge on any atom is -0.394 e. The summed E-state index contributed by atoms with van der Waals surface area (Å²) in [7, 11) is 0. The van der Waals surface area contributed by atoms with Crippen molar-refractivity contribution in [1.29, 1.82) is 0 Å². The summed E-state index contributed by atoms with van der Waals surface area (Å²) >= 11 is 5.65. The van der Waals surface area contributed by atoms with E-state index in [4.69, 9.17) is 21.1 Å². The number of hydrogen-bond donors (Lipinski definition) is 5. The van der Waals surface area contributed by atoms with Gasteiger partial charge in [0, 0.05) is 18.3 Å². The number of nitrogens with one attached hydrogen (secondary N) is 2. The molecule has 26 heavy (non-hydrogen) atoms. The molecule has 1 saturated heterocycles. The maximum Gasteiger partial charge on any atom is 0.200 e. The zero-order valence-electron chi connectivity index (χ0n) is 13.8. The fraction of sp³-hybridized carbons (Fsp3) is 0.643. The number of halogens is 1. The predicted molar refractivity (Wildman–Crippen MR) is 89.4 cm³/mol. The number of aliphatic hydroxyl groups excluding tert-OH is 3. The number of aromatic amines is 1. The zero-order chi connectivity index (χ0) is 18.5. The average molecular weight is 389 g/mol. The Morgan fingerprint density at radius 3 is 2.92 bits per heavy atom. The van der Waals surface area contributed by atoms with Crippen molar-refractivity contribution in [1.82, 2.24) is 25.0 Å². The van der Waals surface area contributed by atoms with Crippen LogP contribution in [0, 0.1) is 0 Å². The van der Waals surface area contributed by atoms with Crippen LogP contribution in [0.15, 0.2) is 18.6 Å². The SMILES string of the molecule is OCC1O[C@H](OCCCl)C(n2cc(CNc3ncc[nH]3)nn2)[C@@H](O)[C@@H]1O. The molecule has 2 aromatic rings. The molecule has 11 nitrogen and oxygen atoms in total. The number of imidazole rings is 1. The van der Waals surface area contributed by atoms with Gasteiger partial charge in [0.1, 0.15) is 30.0 Å². The Morgan fingerprint density at radius 1 is 1.38 bits per heavy atom. The maximum atomic E-state index is 10.5. The molecule has 3 rings (SSSR count). The van der Waals surface area contributed by atoms with E-state index in [0.717, 1.165) is 0 Å². The molecule has 12 heteroatoms. The van der Waals surface area contributed by atoms with Gasteiger partial charge in [-0.1, -0.05) is 5.21 Å². The monoisotopic (exact) mass is 388 g/mol. The van der Waals surface area contributed by atoms with Gasteiger partial charge in [0.15, 0.2) is 12.2 Å². The summed E-state index contributed by atoms with van der Waals surface area (Å²) in [6.45, 7) is 0.0683. The largest absolute Gasteiger partial charge is 0.394 e. The van der Waals surface area contributed by atoms with E-state index < -0.39 is 37.3 Å². The molecule has 5 N–H and O–H groups in total. The molecule has 5 atom stereocenters. The molecule has 0 spiro atoms. The zero-order valence-corrected chi connectivity index (χ0v) is 14.5. The Labute approximate surface area is 153 Å². The van der Waals surface area contributed by atoms with Crippen molar-refractivity contribution in [3.8, 4) is 0 Å². The Balaban J connectivity index is 1.73. The summed E-state index contributed by atoms with van der Waals surface area (Å²) in [5.74, 6) is 0.815. The molecule has 0 saturated carbocycles. The van der Waals surface area contributed by atoms with Crippen LogP contribution in [0.2, 0.25) is 0 Å². The van der Waals surface area contributed by atoms with Gasteiger partial charge in [0.2, 0.25) is 0 Å². The summed E-state index contributed by atoms with van der Waals surface area (Å²) in [4.78, 5) is 6.95. The first-order chi connectivity index (χ1) is 12.6. The van der Waals surface area contributed by atoms with Gasteiger partial charge in [-0.05, 0) is 0 Å². The highest BCUT2D eigenvalue weighted by molar-refractivity contribution is 6.17. The summed E-state index contributed by atoms with van der Waals surface area (Å²) in [6.07, 6.45) is 0.431. The standard InChI is InChI=1S/C14H21ClN6O5/c15-1-4-25-13-10(12(24)11(23)9(7-22)26-13)21-6-8(19-20-21)5-18-14-16-2-3-17-14/h2-3,6,9-13,22-24H,1,4-5,7H2,(H2,16,17,18)/t9?,10?,11-,12-,13+/m1/s1. The van der Waals surface area contributed by atoms with E-state index in [1.807, 2.05) is 0 Å². The smallest absolute Gasteiger partial charge is 0.200 e. The van der Waals surface area contributed by atoms with E-state index >= 15 is 0 Å². The normalized spacial score (nSPS) is 29.0. The van der Waals surface area contributed by atoms with Crippen molar-refractivity contribution >= 4 is 17.5 Å². The van der Waals surface area contributed by atoms with Crippen molar-refractivity contribution in [3.63, 3.8) is 0 Å². The van der Waals surface area contributed by atoms with E-state index in [0.29, 0.717) is 18.2 Å². The minimum atomic E-state index is -1.30. The lowest BCUT2D eigenvalue weighted by Crippen LogP contribution is -2.57. The summed E-state index contributed by atoms with van der Waals surface area (Å²) in [5.41, 5.74) is 0.587. The average Bonchev–Trinajstić information content (AvgIpc) is 3.32. The summed E-state index contributed by atoms with van der Waals surface area (Å²) < 4.78 is 12.5. The van der Waals surface area contributed by atoms with E-state index in [9.17, 15) is 15.3 Å². The Hall–Kier alpha value is -1.76. The number of hydrogen-bond acceptors (Lipinski definition) is 9. The summed E-state index contributed by atoms with van der Waals surface area (Å²) in [6, 6.07) is -0.846. The van der Waals surface area contributed by atoms with E-state index in [2.05, 4.69) is 25.6 Å². The Bertz CT molecular complexity index is 671. The lowest BCUT2D eigenvalue weighted by molar-refractivity contribution is -0.280. The van der Waals surface area contributed by atoms with Gasteiger partial charge in [-0.15, -0.1) is 16.7 Å². The van der Waals surface area contributed by atoms with Crippen molar-refractivity contribution in [3.05, 3.63) is 24.3 Å². The van der Waals surface area contributed by atoms with Crippen LogP contribution in [-0.2, 0) is 16.0 Å². The van der Waals surface area contributed by atoms with Crippen LogP contribution in [0.1, 0.15) is 11.7 Å². The number of aliphatic hydroxyl groups is 3. The van der Waals surface area contributed by atoms with Gasteiger partial charge in [-0.3, -0.25) is 0 Å². The van der Waals surface area contributed by atoms with Crippen LogP contribution in [0.3, 0.4) is 0 Å². The summed E-state index contributed by atoms with van der Waals surface area (Å²) in [5, 5.41) is 41.0. The number of alkyl halides is 1. The number of rotatable bonds is 8. The second-order valence-electron chi connectivity index (χ2n) is 5.74. The minimum absolute atomic E-state index is 0.172. The number of ether oxygens (including phenoxy) is 2. The third-order valence-electron chi connectivity index (χ3n) is 4.01. The quantitative estimate of drug-likeness (QED) is 0.353. The van der Waals surface area contributed by atoms with Gasteiger partial charge in [0.25, 0.3) is 0 Å². The fourth-order valence-corrected chi connectivity index (χ4v) is 2.81. The van der Waals surface area contributed by atoms with Gasteiger partial charge >= 0.3 is 0 Å². The highest BCUT2D eigenvalue weighted by Crippen LogP contribution is 2.30. The number of nitrogens with zero attached hydrogens (tertiary/aromatic N) is 4. The molecule has 0 bridgehead atoms. The van der Waals surface area contributed by atoms with Crippen molar-refractivity contribution < 1.29 is 24.8 Å². The second-order valence-corrected chi connectivity index (χ2v) is 6.12. The molecule has 0 aliphatic carbocycles. The number of H-pyrrole nitrogens is 1. The molecule has 0 aromatic carbocycles. The molecule has 144 valence electrons. The second kappa shape index (κ2) is 8.75. The highest BCUT2D eigenvalue weighted by atomic mass is 35.5. The molecule has 1 fully saturated rings. The topological polar surface area (TPSA) is 151 Å². The Morgan fingerprint density at radius 2 is 2.23 bits per heavy atom. The van der Waals surface area contributed by atoms with Gasteiger partial charge in [-0.2, -0.15) is 0 Å². The lowest BCUT2D eigenvalue weighted by Gasteiger charge is -2.41. The van der Waals surface area contributed by atoms with Crippen LogP contribution in [0.5, 0.6) is 0 Å². The van der Waals surface area contributed by atoms with Crippen LogP contribution in [-0.4, -0.2) is 84.0 Å². The number of aromatic nitrogens is 5. The molecule has 2 unspecified atom stereocenters. The van der Waals surface area contributed by atoms with E-state index in [1.54, 1.807) is 18.6 Å². The van der Waals surface area contributed by atoms with E-state index in [1.165, 1.54) is 4.68 Å². The first-order valence-corrected chi connectivity index (χ1v) is 8.61. The molecular formula is C14H21ClN6O5. The maximum absolute atomic E-state index is 10.5. The number of anilines is 1. The molecule has 2 aromatic heterocycles. The van der Waals surface area contributed by atoms with Crippen molar-refractivity contribution in [2.75, 3.05) is 24.4 Å². The molecule has 1 aliphatic heterocycles. The van der Waals surface area contributed by atoms with E-state index in [-0.39, 0.29) is 12.5 Å². The van der Waals surface area contributed by atoms with Crippen molar-refractivity contribution in [2.24, 2.45) is 0 Å². The van der Waals surface area contributed by atoms with Gasteiger partial charge in [-0.25, -0.2) is 9.67 Å². The van der Waals surface area contributed by atoms with Crippen LogP contribution in [0.4, 0.5) is 5.95 Å². The highest BCUT2D eigenvalue weighted by Gasteiger charge is 2.46. The first-order valence-electron chi connectivity index (χ1n) is 8.08. The Kier molecular flexibility index (Phi) is 6.40. The van der Waals surface area contributed by atoms with Crippen LogP contribution >= 0.6 is 11.6 Å². The lowest BCUT2D eigenvalue weighted by atomic mass is 9.97. The molecule has 3 heterocycles. The predicted octanol–water partition coefficient (Wildman–Crippen LogP) is -1.15. The third kappa shape index (κ3) is 4.14. The third-order valence-corrected chi connectivity index (χ3v) is 4.16. The molecular weight excluding hydrogens is 368 g/mol. The van der Waals surface area contributed by atoms with Gasteiger partial charge < -0.3 is 35.1 Å². The van der Waals surface area contributed by atoms with Crippen molar-refractivity contribution in [2.45, 2.75) is 37.2 Å². The molecule has 0 radical (unpaired) electrons. The first kappa shape index (κ1) is 19.0. The fourth-order valence-electron chi connectivity index (χ4n) is 2.72. The molecule has 1 aliphatic rings.